The van der Waals surface area contributed by atoms with Crippen molar-refractivity contribution in [1.82, 2.24) is 9.38 Å². The Hall–Kier alpha value is -2.92. The second-order valence-electron chi connectivity index (χ2n) is 4.86. The predicted octanol–water partition coefficient (Wildman–Crippen LogP) is 3.22. The number of carbonyl (C=O) groups is 1. The zero-order chi connectivity index (χ0) is 16.4. The van der Waals surface area contributed by atoms with Crippen LogP contribution in [0.15, 0.2) is 53.5 Å². The number of aromatic nitrogens is 2. The van der Waals surface area contributed by atoms with Gasteiger partial charge in [-0.1, -0.05) is 29.8 Å². The van der Waals surface area contributed by atoms with E-state index in [0.29, 0.717) is 16.4 Å². The number of aromatic carboxylic acids is 1. The van der Waals surface area contributed by atoms with Crippen LogP contribution in [0.3, 0.4) is 0 Å². The number of rotatable bonds is 3. The van der Waals surface area contributed by atoms with Crippen molar-refractivity contribution in [3.05, 3.63) is 80.9 Å². The largest absolute Gasteiger partial charge is 0.478 e. The normalized spacial score (nSPS) is 11.2. The molecule has 1 N–H and O–H groups in total. The predicted molar refractivity (Wildman–Crippen MR) is 88.8 cm³/mol. The maximum absolute atomic E-state index is 12.1. The van der Waals surface area contributed by atoms with E-state index in [2.05, 4.69) is 4.98 Å². The van der Waals surface area contributed by atoms with Crippen molar-refractivity contribution in [2.75, 3.05) is 0 Å². The zero-order valence-electron chi connectivity index (χ0n) is 11.8. The van der Waals surface area contributed by atoms with Crippen molar-refractivity contribution in [2.24, 2.45) is 0 Å². The minimum Gasteiger partial charge on any atom is -0.478 e. The molecule has 3 aromatic rings. The maximum atomic E-state index is 12.1. The molecule has 2 heterocycles. The molecule has 0 radical (unpaired) electrons. The van der Waals surface area contributed by atoms with Gasteiger partial charge in [-0.05, 0) is 35.9 Å². The lowest BCUT2D eigenvalue weighted by molar-refractivity contribution is 0.0696. The molecule has 0 saturated heterocycles. The van der Waals surface area contributed by atoms with E-state index in [1.54, 1.807) is 24.3 Å². The van der Waals surface area contributed by atoms with E-state index in [1.165, 1.54) is 28.8 Å². The Bertz CT molecular complexity index is 993. The first kappa shape index (κ1) is 15.0. The lowest BCUT2D eigenvalue weighted by Crippen LogP contribution is -2.15. The van der Waals surface area contributed by atoms with E-state index < -0.39 is 5.97 Å². The summed E-state index contributed by atoms with van der Waals surface area (Å²) in [6.45, 7) is 0. The van der Waals surface area contributed by atoms with Crippen LogP contribution in [0.2, 0.25) is 5.02 Å². The number of benzene rings is 1. The van der Waals surface area contributed by atoms with Crippen LogP contribution in [0.1, 0.15) is 21.6 Å². The number of nitrogens with zero attached hydrogens (tertiary/aromatic N) is 2. The van der Waals surface area contributed by atoms with Crippen molar-refractivity contribution in [1.29, 1.82) is 0 Å². The van der Waals surface area contributed by atoms with Gasteiger partial charge >= 0.3 is 5.97 Å². The number of hydrogen-bond donors (Lipinski definition) is 1. The quantitative estimate of drug-likeness (QED) is 0.802. The number of hydrogen-bond acceptors (Lipinski definition) is 3. The Morgan fingerprint density at radius 1 is 1.17 bits per heavy atom. The van der Waals surface area contributed by atoms with Gasteiger partial charge in [0.05, 0.1) is 11.3 Å². The second-order valence-corrected chi connectivity index (χ2v) is 5.30. The van der Waals surface area contributed by atoms with Gasteiger partial charge in [0.25, 0.3) is 5.56 Å². The summed E-state index contributed by atoms with van der Waals surface area (Å²) in [6.07, 6.45) is 4.77. The van der Waals surface area contributed by atoms with Crippen LogP contribution < -0.4 is 5.56 Å². The minimum absolute atomic E-state index is 0.0311. The fourth-order valence-electron chi connectivity index (χ4n) is 2.12. The summed E-state index contributed by atoms with van der Waals surface area (Å²) in [7, 11) is 0. The molecule has 6 heteroatoms. The molecule has 1 aromatic carbocycles. The number of carboxylic acid groups (broad SMARTS) is 1. The molecule has 3 rings (SSSR count). The Balaban J connectivity index is 2.01. The average Bonchev–Trinajstić information content (AvgIpc) is 2.52. The highest BCUT2D eigenvalue weighted by Crippen LogP contribution is 2.13. The monoisotopic (exact) mass is 326 g/mol. The van der Waals surface area contributed by atoms with Gasteiger partial charge in [0.1, 0.15) is 5.65 Å². The summed E-state index contributed by atoms with van der Waals surface area (Å²) in [5.74, 6) is -1.09. The molecule has 2 aromatic heterocycles. The molecule has 0 aliphatic heterocycles. The van der Waals surface area contributed by atoms with Gasteiger partial charge < -0.3 is 5.11 Å². The van der Waals surface area contributed by atoms with E-state index in [0.717, 1.165) is 5.56 Å². The van der Waals surface area contributed by atoms with Crippen molar-refractivity contribution in [3.63, 3.8) is 0 Å². The molecule has 5 nitrogen and oxygen atoms in total. The molecule has 0 atom stereocenters. The van der Waals surface area contributed by atoms with E-state index in [-0.39, 0.29) is 11.1 Å². The standard InChI is InChI=1S/C17H11ClN2O3/c18-13-3-1-2-11(8-13)4-6-14-9-16(21)20-10-12(17(22)23)5-7-15(20)19-14/h1-10H,(H,22,23)/b6-4+. The van der Waals surface area contributed by atoms with Crippen molar-refractivity contribution < 1.29 is 9.90 Å². The van der Waals surface area contributed by atoms with Crippen molar-refractivity contribution >= 4 is 35.4 Å². The van der Waals surface area contributed by atoms with Gasteiger partial charge in [-0.25, -0.2) is 9.78 Å². The lowest BCUT2D eigenvalue weighted by atomic mass is 10.2. The molecular weight excluding hydrogens is 316 g/mol. The van der Waals surface area contributed by atoms with Crippen molar-refractivity contribution in [3.8, 4) is 0 Å². The average molecular weight is 327 g/mol. The molecule has 0 aliphatic rings. The molecule has 23 heavy (non-hydrogen) atoms. The first-order chi connectivity index (χ1) is 11.0. The highest BCUT2D eigenvalue weighted by Gasteiger charge is 2.06. The number of halogens is 1. The number of fused-ring (bicyclic) bond motifs is 1. The topological polar surface area (TPSA) is 71.7 Å². The highest BCUT2D eigenvalue weighted by atomic mass is 35.5. The Labute approximate surface area is 136 Å². The Morgan fingerprint density at radius 2 is 2.00 bits per heavy atom. The van der Waals surface area contributed by atoms with E-state index in [9.17, 15) is 9.59 Å². The Kier molecular flexibility index (Phi) is 3.95. The first-order valence-electron chi connectivity index (χ1n) is 6.73. The fourth-order valence-corrected chi connectivity index (χ4v) is 2.32. The molecular formula is C17H11ClN2O3. The van der Waals surface area contributed by atoms with Gasteiger partial charge in [0.2, 0.25) is 0 Å². The summed E-state index contributed by atoms with van der Waals surface area (Å²) in [4.78, 5) is 27.4. The van der Waals surface area contributed by atoms with Crippen LogP contribution in [0.4, 0.5) is 0 Å². The zero-order valence-corrected chi connectivity index (χ0v) is 12.6. The maximum Gasteiger partial charge on any atom is 0.337 e. The van der Waals surface area contributed by atoms with Crippen LogP contribution in [-0.4, -0.2) is 20.5 Å². The van der Waals surface area contributed by atoms with Gasteiger partial charge in [-0.2, -0.15) is 0 Å². The molecule has 0 spiro atoms. The summed E-state index contributed by atoms with van der Waals surface area (Å²) >= 11 is 5.92. The molecule has 0 unspecified atom stereocenters. The fraction of sp³-hybridized carbons (Fsp3) is 0. The lowest BCUT2D eigenvalue weighted by Gasteiger charge is -2.02. The molecule has 0 fully saturated rings. The first-order valence-corrected chi connectivity index (χ1v) is 7.11. The van der Waals surface area contributed by atoms with Crippen LogP contribution in [0.25, 0.3) is 17.8 Å². The number of carboxylic acids is 1. The van der Waals surface area contributed by atoms with E-state index >= 15 is 0 Å². The smallest absolute Gasteiger partial charge is 0.337 e. The summed E-state index contributed by atoms with van der Waals surface area (Å²) < 4.78 is 1.21. The molecule has 114 valence electrons. The third kappa shape index (κ3) is 3.30. The Morgan fingerprint density at radius 3 is 2.74 bits per heavy atom. The molecule has 0 amide bonds. The second kappa shape index (κ2) is 6.06. The number of pyridine rings is 1. The van der Waals surface area contributed by atoms with Gasteiger partial charge in [-0.3, -0.25) is 9.20 Å². The molecule has 0 bridgehead atoms. The third-order valence-corrected chi connectivity index (χ3v) is 3.46. The highest BCUT2D eigenvalue weighted by molar-refractivity contribution is 6.30. The van der Waals surface area contributed by atoms with Gasteiger partial charge in [0.15, 0.2) is 0 Å². The van der Waals surface area contributed by atoms with Crippen LogP contribution in [0.5, 0.6) is 0 Å². The SMILES string of the molecule is O=C(O)c1ccc2nc(/C=C/c3cccc(Cl)c3)cc(=O)n2c1. The summed E-state index contributed by atoms with van der Waals surface area (Å²) in [6, 6.07) is 11.5. The van der Waals surface area contributed by atoms with E-state index in [1.807, 2.05) is 12.1 Å². The van der Waals surface area contributed by atoms with Crippen LogP contribution in [0, 0.1) is 0 Å². The summed E-state index contributed by atoms with van der Waals surface area (Å²) in [5, 5.41) is 9.59. The van der Waals surface area contributed by atoms with Gasteiger partial charge in [0, 0.05) is 17.3 Å². The molecule has 0 aliphatic carbocycles. The molecule has 0 saturated carbocycles. The summed E-state index contributed by atoms with van der Waals surface area (Å²) in [5.41, 5.74) is 1.44. The van der Waals surface area contributed by atoms with E-state index in [4.69, 9.17) is 16.7 Å². The van der Waals surface area contributed by atoms with Crippen molar-refractivity contribution in [2.45, 2.75) is 0 Å². The van der Waals surface area contributed by atoms with Crippen LogP contribution >= 0.6 is 11.6 Å². The van der Waals surface area contributed by atoms with Gasteiger partial charge in [-0.15, -0.1) is 0 Å². The van der Waals surface area contributed by atoms with Crippen LogP contribution in [-0.2, 0) is 0 Å². The third-order valence-electron chi connectivity index (χ3n) is 3.22. The minimum atomic E-state index is -1.09.